The van der Waals surface area contributed by atoms with Gasteiger partial charge in [-0.1, -0.05) is 29.3 Å². The monoisotopic (exact) mass is 511 g/mol. The molecular formula is C25H28BCl2N5O2. The van der Waals surface area contributed by atoms with Crippen molar-refractivity contribution >= 4 is 41.9 Å². The van der Waals surface area contributed by atoms with E-state index in [-0.39, 0.29) is 6.04 Å². The molecule has 1 aromatic carbocycles. The number of hydrogen-bond donors (Lipinski definition) is 2. The van der Waals surface area contributed by atoms with Crippen molar-refractivity contribution < 1.29 is 10.1 Å². The Kier molecular flexibility index (Phi) is 6.55. The predicted octanol–water partition coefficient (Wildman–Crippen LogP) is 3.70. The van der Waals surface area contributed by atoms with Gasteiger partial charge in [0.25, 0.3) is 0 Å². The SMILES string of the molecule is CB(O)N1CCN([C@@H]2c3ccc(Cl)cc3C=C(C(C)(O)c3cncn3C)c3cc(Cl)cnc32)CC1. The van der Waals surface area contributed by atoms with Crippen molar-refractivity contribution in [3.05, 3.63) is 81.1 Å². The van der Waals surface area contributed by atoms with Crippen molar-refractivity contribution in [2.75, 3.05) is 26.2 Å². The van der Waals surface area contributed by atoms with E-state index in [0.717, 1.165) is 48.6 Å². The van der Waals surface area contributed by atoms with Crippen LogP contribution in [0.5, 0.6) is 0 Å². The van der Waals surface area contributed by atoms with E-state index in [9.17, 15) is 10.1 Å². The summed E-state index contributed by atoms with van der Waals surface area (Å²) >= 11 is 12.9. The number of benzene rings is 1. The van der Waals surface area contributed by atoms with E-state index < -0.39 is 12.7 Å². The molecule has 5 rings (SSSR count). The van der Waals surface area contributed by atoms with Gasteiger partial charge in [-0.15, -0.1) is 0 Å². The Labute approximate surface area is 215 Å². The Balaban J connectivity index is 1.71. The molecule has 1 aliphatic carbocycles. The minimum absolute atomic E-state index is 0.165. The van der Waals surface area contributed by atoms with Crippen LogP contribution in [0, 0.1) is 0 Å². The first-order valence-electron chi connectivity index (χ1n) is 11.7. The Morgan fingerprint density at radius 2 is 1.83 bits per heavy atom. The van der Waals surface area contributed by atoms with Crippen LogP contribution < -0.4 is 0 Å². The van der Waals surface area contributed by atoms with E-state index in [1.165, 1.54) is 0 Å². The van der Waals surface area contributed by atoms with Gasteiger partial charge in [0.2, 0.25) is 0 Å². The van der Waals surface area contributed by atoms with Gasteiger partial charge >= 0.3 is 7.05 Å². The number of imidazole rings is 1. The van der Waals surface area contributed by atoms with Gasteiger partial charge in [-0.3, -0.25) is 9.88 Å². The van der Waals surface area contributed by atoms with Crippen LogP contribution in [0.25, 0.3) is 11.6 Å². The van der Waals surface area contributed by atoms with Crippen LogP contribution in [0.1, 0.15) is 41.0 Å². The molecule has 0 saturated carbocycles. The maximum absolute atomic E-state index is 11.9. The van der Waals surface area contributed by atoms with Crippen LogP contribution in [0.15, 0.2) is 43.0 Å². The molecule has 3 aromatic rings. The van der Waals surface area contributed by atoms with E-state index in [0.29, 0.717) is 21.3 Å². The first-order chi connectivity index (χ1) is 16.7. The molecule has 10 heteroatoms. The second-order valence-electron chi connectivity index (χ2n) is 9.49. The molecule has 0 bridgehead atoms. The van der Waals surface area contributed by atoms with Gasteiger partial charge in [0, 0.05) is 50.0 Å². The quantitative estimate of drug-likeness (QED) is 0.520. The number of pyridine rings is 1. The Hall–Kier alpha value is -2.20. The lowest BCUT2D eigenvalue weighted by molar-refractivity contribution is 0.114. The number of aromatic nitrogens is 3. The summed E-state index contributed by atoms with van der Waals surface area (Å²) in [6.45, 7) is 6.57. The third kappa shape index (κ3) is 4.44. The summed E-state index contributed by atoms with van der Waals surface area (Å²) in [4.78, 5) is 13.5. The summed E-state index contributed by atoms with van der Waals surface area (Å²) in [7, 11) is 1.38. The van der Waals surface area contributed by atoms with Gasteiger partial charge in [-0.2, -0.15) is 0 Å². The third-order valence-electron chi connectivity index (χ3n) is 7.16. The van der Waals surface area contributed by atoms with Crippen molar-refractivity contribution in [3.8, 4) is 0 Å². The zero-order valence-corrected chi connectivity index (χ0v) is 21.5. The van der Waals surface area contributed by atoms with Gasteiger partial charge in [0.1, 0.15) is 5.60 Å². The lowest BCUT2D eigenvalue weighted by atomic mass is 9.84. The van der Waals surface area contributed by atoms with Crippen molar-refractivity contribution in [2.24, 2.45) is 7.05 Å². The predicted molar refractivity (Wildman–Crippen MR) is 140 cm³/mol. The van der Waals surface area contributed by atoms with Gasteiger partial charge in [-0.25, -0.2) is 4.98 Å². The molecule has 0 spiro atoms. The molecule has 0 amide bonds. The van der Waals surface area contributed by atoms with Gasteiger partial charge in [0.15, 0.2) is 0 Å². The number of piperazine rings is 1. The number of aliphatic hydroxyl groups is 1. The van der Waals surface area contributed by atoms with Crippen LogP contribution in [0.3, 0.4) is 0 Å². The number of rotatable bonds is 4. The molecule has 2 aromatic heterocycles. The van der Waals surface area contributed by atoms with Gasteiger partial charge in [0.05, 0.1) is 35.0 Å². The first kappa shape index (κ1) is 24.5. The van der Waals surface area contributed by atoms with E-state index in [4.69, 9.17) is 28.2 Å². The average molecular weight is 512 g/mol. The fourth-order valence-corrected chi connectivity index (χ4v) is 5.63. The number of nitrogens with zero attached hydrogens (tertiary/aromatic N) is 5. The number of fused-ring (bicyclic) bond motifs is 2. The molecule has 35 heavy (non-hydrogen) atoms. The largest absolute Gasteiger partial charge is 0.437 e. The Morgan fingerprint density at radius 1 is 1.09 bits per heavy atom. The summed E-state index contributed by atoms with van der Waals surface area (Å²) in [5.41, 5.74) is 3.57. The van der Waals surface area contributed by atoms with Crippen molar-refractivity contribution in [2.45, 2.75) is 25.4 Å². The summed E-state index contributed by atoms with van der Waals surface area (Å²) in [6.07, 6.45) is 7.01. The molecule has 1 unspecified atom stereocenters. The van der Waals surface area contributed by atoms with E-state index >= 15 is 0 Å². The van der Waals surface area contributed by atoms with E-state index in [1.807, 2.05) is 42.0 Å². The zero-order valence-electron chi connectivity index (χ0n) is 20.0. The Bertz CT molecular complexity index is 1280. The first-order valence-corrected chi connectivity index (χ1v) is 12.4. The van der Waals surface area contributed by atoms with Crippen LogP contribution in [0.2, 0.25) is 16.9 Å². The molecule has 2 N–H and O–H groups in total. The number of hydrogen-bond acceptors (Lipinski definition) is 6. The smallest absolute Gasteiger partial charge is 0.376 e. The highest BCUT2D eigenvalue weighted by Crippen LogP contribution is 2.46. The fraction of sp³-hybridized carbons (Fsp3) is 0.360. The summed E-state index contributed by atoms with van der Waals surface area (Å²) in [5.74, 6) is 0. The molecule has 2 aliphatic rings. The molecule has 2 atom stereocenters. The highest BCUT2D eigenvalue weighted by Gasteiger charge is 2.39. The highest BCUT2D eigenvalue weighted by atomic mass is 35.5. The minimum Gasteiger partial charge on any atom is -0.437 e. The molecule has 0 radical (unpaired) electrons. The molecule has 3 heterocycles. The third-order valence-corrected chi connectivity index (χ3v) is 7.60. The van der Waals surface area contributed by atoms with Crippen molar-refractivity contribution in [3.63, 3.8) is 0 Å². The molecule has 7 nitrogen and oxygen atoms in total. The highest BCUT2D eigenvalue weighted by molar-refractivity contribution is 6.45. The molecular weight excluding hydrogens is 484 g/mol. The molecule has 1 aliphatic heterocycles. The zero-order chi connectivity index (χ0) is 24.9. The summed E-state index contributed by atoms with van der Waals surface area (Å²) < 4.78 is 1.81. The molecule has 1 fully saturated rings. The molecule has 1 saturated heterocycles. The second-order valence-corrected chi connectivity index (χ2v) is 10.4. The summed E-state index contributed by atoms with van der Waals surface area (Å²) in [5, 5.41) is 23.1. The number of aryl methyl sites for hydroxylation is 1. The lowest BCUT2D eigenvalue weighted by Gasteiger charge is -2.40. The van der Waals surface area contributed by atoms with Crippen LogP contribution in [-0.4, -0.2) is 67.6 Å². The normalized spacial score (nSPS) is 20.4. The van der Waals surface area contributed by atoms with Crippen molar-refractivity contribution in [1.29, 1.82) is 0 Å². The number of halogens is 2. The maximum atomic E-state index is 11.9. The topological polar surface area (TPSA) is 77.6 Å². The van der Waals surface area contributed by atoms with Crippen molar-refractivity contribution in [1.82, 2.24) is 24.2 Å². The van der Waals surface area contributed by atoms with E-state index in [2.05, 4.69) is 14.7 Å². The van der Waals surface area contributed by atoms with Gasteiger partial charge in [-0.05, 0) is 54.7 Å². The van der Waals surface area contributed by atoms with Crippen LogP contribution in [-0.2, 0) is 12.6 Å². The lowest BCUT2D eigenvalue weighted by Crippen LogP contribution is -2.52. The molecule has 182 valence electrons. The standard InChI is InChI=1S/C25H28BCl2N5O2/c1-25(34,22-14-29-15-31(22)3)21-11-16-10-17(27)4-5-19(16)24(23-20(21)12-18(28)13-30-23)32-6-8-33(9-7-32)26(2)35/h4-5,10-15,24,34-35H,6-9H2,1-3H3/t24-,25?/m1/s1. The summed E-state index contributed by atoms with van der Waals surface area (Å²) in [6, 6.07) is 7.59. The minimum atomic E-state index is -1.37. The van der Waals surface area contributed by atoms with Crippen LogP contribution >= 0.6 is 23.2 Å². The maximum Gasteiger partial charge on any atom is 0.376 e. The average Bonchev–Trinajstić information content (AvgIpc) is 3.20. The Morgan fingerprint density at radius 3 is 2.49 bits per heavy atom. The fourth-order valence-electron chi connectivity index (χ4n) is 5.29. The second kappa shape index (κ2) is 9.35. The van der Waals surface area contributed by atoms with Gasteiger partial charge < -0.3 is 19.5 Å². The van der Waals surface area contributed by atoms with E-state index in [1.54, 1.807) is 32.5 Å². The van der Waals surface area contributed by atoms with Crippen LogP contribution in [0.4, 0.5) is 0 Å².